The number of hydrogen-bond acceptors (Lipinski definition) is 3. The Balaban J connectivity index is 1.77. The van der Waals surface area contributed by atoms with Crippen molar-refractivity contribution < 1.29 is 9.53 Å². The SMILES string of the molecule is COC(=O)CC1CCN(Cc2ccc(Cl)cc2)CC1. The molecule has 1 saturated heterocycles. The summed E-state index contributed by atoms with van der Waals surface area (Å²) >= 11 is 5.88. The number of nitrogens with zero attached hydrogens (tertiary/aromatic N) is 1. The molecular formula is C15H20ClNO2. The molecular weight excluding hydrogens is 262 g/mol. The molecule has 0 spiro atoms. The number of hydrogen-bond donors (Lipinski definition) is 0. The molecule has 4 heteroatoms. The Kier molecular flexibility index (Phi) is 5.23. The first-order chi connectivity index (χ1) is 9.17. The maximum atomic E-state index is 11.2. The summed E-state index contributed by atoms with van der Waals surface area (Å²) in [6.45, 7) is 3.05. The standard InChI is InChI=1S/C15H20ClNO2/c1-19-15(18)10-12-6-8-17(9-7-12)11-13-2-4-14(16)5-3-13/h2-5,12H,6-11H2,1H3. The molecule has 0 bridgehead atoms. The summed E-state index contributed by atoms with van der Waals surface area (Å²) in [5, 5.41) is 0.778. The number of carbonyl (C=O) groups is 1. The van der Waals surface area contributed by atoms with Crippen LogP contribution in [0.15, 0.2) is 24.3 Å². The van der Waals surface area contributed by atoms with Crippen LogP contribution in [-0.4, -0.2) is 31.1 Å². The molecule has 0 atom stereocenters. The van der Waals surface area contributed by atoms with Crippen LogP contribution in [0.4, 0.5) is 0 Å². The maximum absolute atomic E-state index is 11.2. The van der Waals surface area contributed by atoms with Crippen LogP contribution in [0.5, 0.6) is 0 Å². The molecule has 19 heavy (non-hydrogen) atoms. The zero-order chi connectivity index (χ0) is 13.7. The third-order valence-electron chi connectivity index (χ3n) is 3.71. The van der Waals surface area contributed by atoms with Crippen LogP contribution < -0.4 is 0 Å². The van der Waals surface area contributed by atoms with Gasteiger partial charge in [-0.15, -0.1) is 0 Å². The smallest absolute Gasteiger partial charge is 0.305 e. The van der Waals surface area contributed by atoms with Crippen molar-refractivity contribution in [2.75, 3.05) is 20.2 Å². The summed E-state index contributed by atoms with van der Waals surface area (Å²) < 4.78 is 4.72. The van der Waals surface area contributed by atoms with Crippen LogP contribution in [-0.2, 0) is 16.1 Å². The van der Waals surface area contributed by atoms with Crippen molar-refractivity contribution in [2.24, 2.45) is 5.92 Å². The second-order valence-corrected chi connectivity index (χ2v) is 5.56. The first kappa shape index (κ1) is 14.4. The highest BCUT2D eigenvalue weighted by Crippen LogP contribution is 2.22. The van der Waals surface area contributed by atoms with Gasteiger partial charge in [0.1, 0.15) is 0 Å². The van der Waals surface area contributed by atoms with Crippen molar-refractivity contribution in [1.29, 1.82) is 0 Å². The first-order valence-electron chi connectivity index (χ1n) is 6.71. The number of esters is 1. The van der Waals surface area contributed by atoms with Crippen LogP contribution >= 0.6 is 11.6 Å². The van der Waals surface area contributed by atoms with Crippen LogP contribution in [0.3, 0.4) is 0 Å². The summed E-state index contributed by atoms with van der Waals surface area (Å²) in [4.78, 5) is 13.7. The van der Waals surface area contributed by atoms with Gasteiger partial charge in [-0.3, -0.25) is 9.69 Å². The maximum Gasteiger partial charge on any atom is 0.305 e. The summed E-state index contributed by atoms with van der Waals surface area (Å²) in [6.07, 6.45) is 2.71. The fourth-order valence-corrected chi connectivity index (χ4v) is 2.64. The second kappa shape index (κ2) is 6.92. The number of methoxy groups -OCH3 is 1. The molecule has 0 saturated carbocycles. The molecule has 0 amide bonds. The minimum atomic E-state index is -0.0869. The van der Waals surface area contributed by atoms with Crippen molar-refractivity contribution in [3.05, 3.63) is 34.9 Å². The molecule has 1 heterocycles. The summed E-state index contributed by atoms with van der Waals surface area (Å²) in [7, 11) is 1.46. The highest BCUT2D eigenvalue weighted by Gasteiger charge is 2.21. The van der Waals surface area contributed by atoms with E-state index in [0.717, 1.165) is 37.5 Å². The van der Waals surface area contributed by atoms with E-state index in [-0.39, 0.29) is 5.97 Å². The normalized spacial score (nSPS) is 17.4. The van der Waals surface area contributed by atoms with E-state index in [9.17, 15) is 4.79 Å². The Morgan fingerprint density at radius 3 is 2.53 bits per heavy atom. The lowest BCUT2D eigenvalue weighted by atomic mass is 9.93. The van der Waals surface area contributed by atoms with Crippen LogP contribution in [0.2, 0.25) is 5.02 Å². The Morgan fingerprint density at radius 2 is 1.95 bits per heavy atom. The molecule has 104 valence electrons. The first-order valence-corrected chi connectivity index (χ1v) is 7.09. The van der Waals surface area contributed by atoms with E-state index in [1.807, 2.05) is 12.1 Å². The molecule has 0 unspecified atom stereocenters. The van der Waals surface area contributed by atoms with E-state index in [2.05, 4.69) is 17.0 Å². The molecule has 1 fully saturated rings. The minimum absolute atomic E-state index is 0.0869. The number of carbonyl (C=O) groups excluding carboxylic acids is 1. The molecule has 3 nitrogen and oxygen atoms in total. The minimum Gasteiger partial charge on any atom is -0.469 e. The second-order valence-electron chi connectivity index (χ2n) is 5.13. The van der Waals surface area contributed by atoms with E-state index in [1.165, 1.54) is 12.7 Å². The van der Waals surface area contributed by atoms with Crippen molar-refractivity contribution in [2.45, 2.75) is 25.8 Å². The molecule has 2 rings (SSSR count). The third-order valence-corrected chi connectivity index (χ3v) is 3.96. The van der Waals surface area contributed by atoms with Gasteiger partial charge in [-0.2, -0.15) is 0 Å². The monoisotopic (exact) mass is 281 g/mol. The number of benzene rings is 1. The van der Waals surface area contributed by atoms with E-state index >= 15 is 0 Å². The summed E-state index contributed by atoms with van der Waals surface area (Å²) in [5.74, 6) is 0.394. The van der Waals surface area contributed by atoms with Gasteiger partial charge in [0.2, 0.25) is 0 Å². The lowest BCUT2D eigenvalue weighted by Crippen LogP contribution is -2.34. The van der Waals surface area contributed by atoms with Gasteiger partial charge in [-0.05, 0) is 49.5 Å². The zero-order valence-corrected chi connectivity index (χ0v) is 12.0. The summed E-state index contributed by atoms with van der Waals surface area (Å²) in [5.41, 5.74) is 1.29. The fraction of sp³-hybridized carbons (Fsp3) is 0.533. The Labute approximate surface area is 119 Å². The van der Waals surface area contributed by atoms with E-state index in [1.54, 1.807) is 0 Å². The summed E-state index contributed by atoms with van der Waals surface area (Å²) in [6, 6.07) is 8.01. The lowest BCUT2D eigenvalue weighted by molar-refractivity contribution is -0.142. The van der Waals surface area contributed by atoms with Gasteiger partial charge in [0.05, 0.1) is 7.11 Å². The average Bonchev–Trinajstić information content (AvgIpc) is 2.43. The predicted molar refractivity (Wildman–Crippen MR) is 76.1 cm³/mol. The van der Waals surface area contributed by atoms with Gasteiger partial charge >= 0.3 is 5.97 Å². The number of rotatable bonds is 4. The largest absolute Gasteiger partial charge is 0.469 e. The lowest BCUT2D eigenvalue weighted by Gasteiger charge is -2.31. The van der Waals surface area contributed by atoms with Gasteiger partial charge in [-0.1, -0.05) is 23.7 Å². The Hall–Kier alpha value is -1.06. The predicted octanol–water partition coefficient (Wildman–Crippen LogP) is 3.12. The number of halogens is 1. The van der Waals surface area contributed by atoms with Crippen LogP contribution in [0.1, 0.15) is 24.8 Å². The Morgan fingerprint density at radius 1 is 1.32 bits per heavy atom. The van der Waals surface area contributed by atoms with E-state index in [0.29, 0.717) is 12.3 Å². The number of ether oxygens (including phenoxy) is 1. The van der Waals surface area contributed by atoms with Gasteiger partial charge in [0.25, 0.3) is 0 Å². The molecule has 0 aliphatic carbocycles. The van der Waals surface area contributed by atoms with Crippen molar-refractivity contribution in [3.8, 4) is 0 Å². The molecule has 1 aliphatic heterocycles. The van der Waals surface area contributed by atoms with Gasteiger partial charge in [-0.25, -0.2) is 0 Å². The molecule has 0 aromatic heterocycles. The third kappa shape index (κ3) is 4.51. The highest BCUT2D eigenvalue weighted by molar-refractivity contribution is 6.30. The molecule has 0 N–H and O–H groups in total. The fourth-order valence-electron chi connectivity index (χ4n) is 2.52. The van der Waals surface area contributed by atoms with Crippen LogP contribution in [0, 0.1) is 5.92 Å². The topological polar surface area (TPSA) is 29.5 Å². The van der Waals surface area contributed by atoms with E-state index < -0.39 is 0 Å². The molecule has 1 aliphatic rings. The van der Waals surface area contributed by atoms with Crippen LogP contribution in [0.25, 0.3) is 0 Å². The van der Waals surface area contributed by atoms with Gasteiger partial charge < -0.3 is 4.74 Å². The molecule has 1 aromatic carbocycles. The average molecular weight is 282 g/mol. The number of piperidine rings is 1. The molecule has 0 radical (unpaired) electrons. The van der Waals surface area contributed by atoms with E-state index in [4.69, 9.17) is 16.3 Å². The van der Waals surface area contributed by atoms with Crippen molar-refractivity contribution >= 4 is 17.6 Å². The highest BCUT2D eigenvalue weighted by atomic mass is 35.5. The quantitative estimate of drug-likeness (QED) is 0.794. The van der Waals surface area contributed by atoms with Gasteiger partial charge in [0, 0.05) is 18.0 Å². The zero-order valence-electron chi connectivity index (χ0n) is 11.3. The van der Waals surface area contributed by atoms with Crippen molar-refractivity contribution in [3.63, 3.8) is 0 Å². The van der Waals surface area contributed by atoms with Gasteiger partial charge in [0.15, 0.2) is 0 Å². The van der Waals surface area contributed by atoms with Crippen molar-refractivity contribution in [1.82, 2.24) is 4.90 Å². The molecule has 1 aromatic rings. The Bertz CT molecular complexity index is 411. The number of likely N-dealkylation sites (tertiary alicyclic amines) is 1.